The summed E-state index contributed by atoms with van der Waals surface area (Å²) < 4.78 is 1.15. The number of benzene rings is 1. The third-order valence-electron chi connectivity index (χ3n) is 4.39. The van der Waals surface area contributed by atoms with E-state index >= 15 is 0 Å². The Morgan fingerprint density at radius 1 is 1.29 bits per heavy atom. The second-order valence-electron chi connectivity index (χ2n) is 6.24. The van der Waals surface area contributed by atoms with E-state index < -0.39 is 16.9 Å². The topological polar surface area (TPSA) is 49.3 Å². The first-order chi connectivity index (χ1) is 9.67. The SMILES string of the molecule is CC(C)(NCc1sc2ccccc2c1Cl)C(C)(C)C(=O)O. The highest BCUT2D eigenvalue weighted by Gasteiger charge is 2.43. The molecule has 3 nitrogen and oxygen atoms in total. The quantitative estimate of drug-likeness (QED) is 0.848. The molecule has 0 bridgehead atoms. The van der Waals surface area contributed by atoms with Crippen molar-refractivity contribution in [3.8, 4) is 0 Å². The van der Waals surface area contributed by atoms with Crippen molar-refractivity contribution in [1.29, 1.82) is 0 Å². The Labute approximate surface area is 133 Å². The molecule has 5 heteroatoms. The summed E-state index contributed by atoms with van der Waals surface area (Å²) in [7, 11) is 0. The predicted octanol–water partition coefficient (Wildman–Crippen LogP) is 4.53. The molecule has 0 aliphatic heterocycles. The van der Waals surface area contributed by atoms with Gasteiger partial charge in [0.1, 0.15) is 0 Å². The first-order valence-corrected chi connectivity index (χ1v) is 8.00. The average Bonchev–Trinajstić information content (AvgIpc) is 2.73. The van der Waals surface area contributed by atoms with Gasteiger partial charge in [-0.1, -0.05) is 29.8 Å². The maximum Gasteiger partial charge on any atom is 0.310 e. The molecule has 114 valence electrons. The molecule has 1 heterocycles. The van der Waals surface area contributed by atoms with Gasteiger partial charge in [0.2, 0.25) is 0 Å². The van der Waals surface area contributed by atoms with E-state index in [-0.39, 0.29) is 0 Å². The molecule has 0 unspecified atom stereocenters. The number of carboxylic acids is 1. The fourth-order valence-electron chi connectivity index (χ4n) is 1.97. The summed E-state index contributed by atoms with van der Waals surface area (Å²) >= 11 is 8.06. The minimum Gasteiger partial charge on any atom is -0.481 e. The van der Waals surface area contributed by atoms with Gasteiger partial charge in [-0.25, -0.2) is 0 Å². The lowest BCUT2D eigenvalue weighted by molar-refractivity contribution is -0.151. The average molecular weight is 326 g/mol. The summed E-state index contributed by atoms with van der Waals surface area (Å²) in [6.45, 7) is 7.83. The fourth-order valence-corrected chi connectivity index (χ4v) is 3.41. The minimum absolute atomic E-state index is 0.557. The van der Waals surface area contributed by atoms with Crippen LogP contribution in [0.3, 0.4) is 0 Å². The zero-order chi connectivity index (χ0) is 15.8. The molecule has 2 N–H and O–H groups in total. The van der Waals surface area contributed by atoms with Crippen molar-refractivity contribution in [2.45, 2.75) is 39.8 Å². The number of nitrogens with one attached hydrogen (secondary N) is 1. The number of hydrogen-bond acceptors (Lipinski definition) is 3. The van der Waals surface area contributed by atoms with Crippen molar-refractivity contribution in [2.24, 2.45) is 5.41 Å². The summed E-state index contributed by atoms with van der Waals surface area (Å²) in [5.41, 5.74) is -1.44. The third kappa shape index (κ3) is 2.93. The lowest BCUT2D eigenvalue weighted by Crippen LogP contribution is -2.54. The van der Waals surface area contributed by atoms with Crippen LogP contribution in [0.25, 0.3) is 10.1 Å². The Kier molecular flexibility index (Phi) is 4.34. The van der Waals surface area contributed by atoms with Gasteiger partial charge in [-0.3, -0.25) is 4.79 Å². The highest BCUT2D eigenvalue weighted by Crippen LogP contribution is 2.36. The molecule has 2 rings (SSSR count). The van der Waals surface area contributed by atoms with Gasteiger partial charge < -0.3 is 10.4 Å². The molecule has 0 amide bonds. The van der Waals surface area contributed by atoms with Crippen molar-refractivity contribution in [2.75, 3.05) is 0 Å². The Hall–Kier alpha value is -1.10. The molecule has 2 aromatic rings. The van der Waals surface area contributed by atoms with E-state index in [0.29, 0.717) is 6.54 Å². The largest absolute Gasteiger partial charge is 0.481 e. The second-order valence-corrected chi connectivity index (χ2v) is 7.76. The molecule has 0 aliphatic carbocycles. The van der Waals surface area contributed by atoms with Crippen LogP contribution in [-0.2, 0) is 11.3 Å². The molecule has 0 spiro atoms. The predicted molar refractivity (Wildman–Crippen MR) is 89.2 cm³/mol. The van der Waals surface area contributed by atoms with Gasteiger partial charge in [0.15, 0.2) is 0 Å². The fraction of sp³-hybridized carbons (Fsp3) is 0.438. The molecular formula is C16H20ClNO2S. The lowest BCUT2D eigenvalue weighted by atomic mass is 9.74. The number of rotatable bonds is 5. The molecule has 21 heavy (non-hydrogen) atoms. The zero-order valence-electron chi connectivity index (χ0n) is 12.7. The Bertz CT molecular complexity index is 676. The third-order valence-corrected chi connectivity index (χ3v) is 6.10. The highest BCUT2D eigenvalue weighted by molar-refractivity contribution is 7.19. The summed E-state index contributed by atoms with van der Waals surface area (Å²) in [6, 6.07) is 8.01. The van der Waals surface area contributed by atoms with E-state index in [1.54, 1.807) is 25.2 Å². The molecule has 1 aromatic carbocycles. The van der Waals surface area contributed by atoms with E-state index in [0.717, 1.165) is 20.0 Å². The van der Waals surface area contributed by atoms with Crippen LogP contribution >= 0.6 is 22.9 Å². The second kappa shape index (κ2) is 5.59. The van der Waals surface area contributed by atoms with Gasteiger partial charge in [0.05, 0.1) is 10.4 Å². The Morgan fingerprint density at radius 3 is 2.48 bits per heavy atom. The number of halogens is 1. The smallest absolute Gasteiger partial charge is 0.310 e. The number of carbonyl (C=O) groups is 1. The first-order valence-electron chi connectivity index (χ1n) is 6.81. The standard InChI is InChI=1S/C16H20ClNO2S/c1-15(2,14(19)20)16(3,4)18-9-12-13(17)10-7-5-6-8-11(10)21-12/h5-8,18H,9H2,1-4H3,(H,19,20). The van der Waals surface area contributed by atoms with Crippen LogP contribution in [0.5, 0.6) is 0 Å². The maximum atomic E-state index is 11.4. The van der Waals surface area contributed by atoms with E-state index in [4.69, 9.17) is 11.6 Å². The van der Waals surface area contributed by atoms with Crippen LogP contribution in [0.2, 0.25) is 5.02 Å². The van der Waals surface area contributed by atoms with E-state index in [1.807, 2.05) is 38.1 Å². The maximum absolute atomic E-state index is 11.4. The summed E-state index contributed by atoms with van der Waals surface area (Å²) in [5.74, 6) is -0.817. The highest BCUT2D eigenvalue weighted by atomic mass is 35.5. The molecule has 0 aliphatic rings. The Balaban J connectivity index is 2.22. The van der Waals surface area contributed by atoms with E-state index in [1.165, 1.54) is 0 Å². The van der Waals surface area contributed by atoms with Gasteiger partial charge in [-0.2, -0.15) is 0 Å². The normalized spacial score (nSPS) is 12.8. The van der Waals surface area contributed by atoms with Crippen molar-refractivity contribution in [1.82, 2.24) is 5.32 Å². The van der Waals surface area contributed by atoms with Crippen LogP contribution in [0.4, 0.5) is 0 Å². The first kappa shape index (κ1) is 16.3. The molecule has 0 atom stereocenters. The van der Waals surface area contributed by atoms with Gasteiger partial charge in [-0.05, 0) is 33.8 Å². The summed E-state index contributed by atoms with van der Waals surface area (Å²) in [6.07, 6.45) is 0. The number of fused-ring (bicyclic) bond motifs is 1. The minimum atomic E-state index is -0.879. The van der Waals surface area contributed by atoms with Gasteiger partial charge in [0.25, 0.3) is 0 Å². The van der Waals surface area contributed by atoms with Crippen LogP contribution in [0, 0.1) is 5.41 Å². The van der Waals surface area contributed by atoms with Gasteiger partial charge in [-0.15, -0.1) is 11.3 Å². The number of thiophene rings is 1. The van der Waals surface area contributed by atoms with Gasteiger partial charge >= 0.3 is 5.97 Å². The van der Waals surface area contributed by atoms with Crippen LogP contribution in [-0.4, -0.2) is 16.6 Å². The van der Waals surface area contributed by atoms with E-state index in [2.05, 4.69) is 5.32 Å². The molecule has 0 saturated heterocycles. The van der Waals surface area contributed by atoms with E-state index in [9.17, 15) is 9.90 Å². The zero-order valence-corrected chi connectivity index (χ0v) is 14.2. The molecular weight excluding hydrogens is 306 g/mol. The van der Waals surface area contributed by atoms with Crippen molar-refractivity contribution < 1.29 is 9.90 Å². The van der Waals surface area contributed by atoms with Gasteiger partial charge in [0, 0.05) is 27.0 Å². The van der Waals surface area contributed by atoms with Crippen molar-refractivity contribution in [3.63, 3.8) is 0 Å². The molecule has 1 aromatic heterocycles. The van der Waals surface area contributed by atoms with Crippen LogP contribution < -0.4 is 5.32 Å². The number of carboxylic acid groups (broad SMARTS) is 1. The number of hydrogen-bond donors (Lipinski definition) is 2. The van der Waals surface area contributed by atoms with Crippen LogP contribution in [0.1, 0.15) is 32.6 Å². The number of aliphatic carboxylic acids is 1. The monoisotopic (exact) mass is 325 g/mol. The molecule has 0 saturated carbocycles. The lowest BCUT2D eigenvalue weighted by Gasteiger charge is -2.39. The van der Waals surface area contributed by atoms with Crippen molar-refractivity contribution >= 4 is 39.0 Å². The van der Waals surface area contributed by atoms with Crippen molar-refractivity contribution in [3.05, 3.63) is 34.2 Å². The molecule has 0 fully saturated rings. The van der Waals surface area contributed by atoms with Crippen LogP contribution in [0.15, 0.2) is 24.3 Å². The molecule has 0 radical (unpaired) electrons. The summed E-state index contributed by atoms with van der Waals surface area (Å²) in [4.78, 5) is 12.5. The summed E-state index contributed by atoms with van der Waals surface area (Å²) in [5, 5.41) is 14.5. The Morgan fingerprint density at radius 2 is 1.90 bits per heavy atom.